The second-order valence-electron chi connectivity index (χ2n) is 3.59. The third kappa shape index (κ3) is 2.96. The molecule has 0 saturated heterocycles. The first-order valence-corrected chi connectivity index (χ1v) is 6.82. The van der Waals surface area contributed by atoms with Crippen LogP contribution >= 0.6 is 45.8 Å². The van der Waals surface area contributed by atoms with Crippen LogP contribution < -0.4 is 11.1 Å². The Morgan fingerprint density at radius 2 is 2.00 bits per heavy atom. The fraction of sp³-hybridized carbons (Fsp3) is 0.0909. The van der Waals surface area contributed by atoms with Gasteiger partial charge in [-0.1, -0.05) is 11.6 Å². The highest BCUT2D eigenvalue weighted by atomic mass is 127. The highest BCUT2D eigenvalue weighted by Crippen LogP contribution is 2.29. The van der Waals surface area contributed by atoms with E-state index in [-0.39, 0.29) is 5.28 Å². The van der Waals surface area contributed by atoms with Crippen molar-refractivity contribution in [1.29, 1.82) is 0 Å². The number of nitrogens with two attached hydrogens (primary N) is 1. The zero-order valence-corrected chi connectivity index (χ0v) is 13.0. The van der Waals surface area contributed by atoms with Gasteiger partial charge in [0.15, 0.2) is 5.82 Å². The standard InChI is InChI=1S/C11H9Cl2IN4/c1-5-9(15)10(18-11(13)16-5)17-8-3-2-6(14)4-7(8)12/h2-4H,15H2,1H3,(H,16,17,18). The third-order valence-corrected chi connectivity index (χ3v) is 3.45. The second kappa shape index (κ2) is 5.46. The van der Waals surface area contributed by atoms with Crippen LogP contribution in [0.3, 0.4) is 0 Å². The van der Waals surface area contributed by atoms with Crippen LogP contribution in [0.25, 0.3) is 0 Å². The molecular formula is C11H9Cl2IN4. The number of nitrogen functional groups attached to an aromatic ring is 1. The summed E-state index contributed by atoms with van der Waals surface area (Å²) in [6.07, 6.45) is 0. The molecule has 1 heterocycles. The summed E-state index contributed by atoms with van der Waals surface area (Å²) in [4.78, 5) is 8.02. The van der Waals surface area contributed by atoms with E-state index in [0.29, 0.717) is 22.2 Å². The van der Waals surface area contributed by atoms with Crippen molar-refractivity contribution in [1.82, 2.24) is 9.97 Å². The largest absolute Gasteiger partial charge is 0.394 e. The zero-order valence-electron chi connectivity index (χ0n) is 9.34. The molecular weight excluding hydrogens is 386 g/mol. The molecule has 18 heavy (non-hydrogen) atoms. The van der Waals surface area contributed by atoms with Crippen LogP contribution in [-0.4, -0.2) is 9.97 Å². The molecule has 0 bridgehead atoms. The Balaban J connectivity index is 2.40. The Morgan fingerprint density at radius 1 is 1.28 bits per heavy atom. The number of nitrogens with zero attached hydrogens (tertiary/aromatic N) is 2. The lowest BCUT2D eigenvalue weighted by Crippen LogP contribution is -2.04. The van der Waals surface area contributed by atoms with Gasteiger partial charge in [-0.05, 0) is 59.3 Å². The molecule has 0 aliphatic heterocycles. The molecule has 0 aliphatic carbocycles. The van der Waals surface area contributed by atoms with Crippen molar-refractivity contribution in [3.63, 3.8) is 0 Å². The fourth-order valence-corrected chi connectivity index (χ4v) is 2.48. The number of anilines is 3. The summed E-state index contributed by atoms with van der Waals surface area (Å²) in [7, 11) is 0. The van der Waals surface area contributed by atoms with E-state index in [1.807, 2.05) is 18.2 Å². The highest BCUT2D eigenvalue weighted by Gasteiger charge is 2.09. The molecule has 3 N–H and O–H groups in total. The number of benzene rings is 1. The van der Waals surface area contributed by atoms with E-state index in [2.05, 4.69) is 37.9 Å². The van der Waals surface area contributed by atoms with Crippen LogP contribution in [0.15, 0.2) is 18.2 Å². The number of nitrogens with one attached hydrogen (secondary N) is 1. The molecule has 0 unspecified atom stereocenters. The minimum absolute atomic E-state index is 0.144. The predicted octanol–water partition coefficient (Wildman–Crippen LogP) is 4.02. The molecule has 0 saturated carbocycles. The van der Waals surface area contributed by atoms with Gasteiger partial charge in [0.25, 0.3) is 0 Å². The Kier molecular flexibility index (Phi) is 4.14. The molecule has 0 aliphatic rings. The number of hydrogen-bond donors (Lipinski definition) is 2. The quantitative estimate of drug-likeness (QED) is 0.596. The van der Waals surface area contributed by atoms with Gasteiger partial charge < -0.3 is 11.1 Å². The summed E-state index contributed by atoms with van der Waals surface area (Å²) in [6.45, 7) is 1.77. The van der Waals surface area contributed by atoms with Crippen LogP contribution in [0, 0.1) is 10.5 Å². The molecule has 1 aromatic carbocycles. The minimum atomic E-state index is 0.144. The van der Waals surface area contributed by atoms with Gasteiger partial charge in [0.1, 0.15) is 0 Å². The first-order chi connectivity index (χ1) is 8.47. The molecule has 0 atom stereocenters. The molecule has 1 aromatic heterocycles. The van der Waals surface area contributed by atoms with Crippen LogP contribution in [0.5, 0.6) is 0 Å². The van der Waals surface area contributed by atoms with Crippen molar-refractivity contribution in [2.45, 2.75) is 6.92 Å². The smallest absolute Gasteiger partial charge is 0.224 e. The summed E-state index contributed by atoms with van der Waals surface area (Å²) in [5.41, 5.74) is 7.69. The average Bonchev–Trinajstić information content (AvgIpc) is 2.29. The highest BCUT2D eigenvalue weighted by molar-refractivity contribution is 14.1. The molecule has 0 amide bonds. The number of hydrogen-bond acceptors (Lipinski definition) is 4. The lowest BCUT2D eigenvalue weighted by atomic mass is 10.3. The van der Waals surface area contributed by atoms with Crippen molar-refractivity contribution in [3.05, 3.63) is 37.8 Å². The van der Waals surface area contributed by atoms with E-state index in [9.17, 15) is 0 Å². The third-order valence-electron chi connectivity index (χ3n) is 2.29. The zero-order chi connectivity index (χ0) is 13.3. The fourth-order valence-electron chi connectivity index (χ4n) is 1.36. The van der Waals surface area contributed by atoms with Gasteiger partial charge in [0.05, 0.1) is 22.1 Å². The lowest BCUT2D eigenvalue weighted by Gasteiger charge is -2.11. The Morgan fingerprint density at radius 3 is 2.67 bits per heavy atom. The molecule has 2 aromatic rings. The van der Waals surface area contributed by atoms with E-state index in [4.69, 9.17) is 28.9 Å². The number of aromatic nitrogens is 2. The van der Waals surface area contributed by atoms with Gasteiger partial charge in [0.2, 0.25) is 5.28 Å². The summed E-state index contributed by atoms with van der Waals surface area (Å²) in [6, 6.07) is 5.63. The molecule has 94 valence electrons. The monoisotopic (exact) mass is 394 g/mol. The van der Waals surface area contributed by atoms with E-state index < -0.39 is 0 Å². The van der Waals surface area contributed by atoms with Crippen molar-refractivity contribution in [2.75, 3.05) is 11.1 Å². The maximum absolute atomic E-state index is 6.13. The van der Waals surface area contributed by atoms with Crippen molar-refractivity contribution in [3.8, 4) is 0 Å². The first-order valence-electron chi connectivity index (χ1n) is 4.99. The second-order valence-corrected chi connectivity index (χ2v) is 5.58. The van der Waals surface area contributed by atoms with Gasteiger partial charge in [-0.15, -0.1) is 0 Å². The lowest BCUT2D eigenvalue weighted by molar-refractivity contribution is 1.11. The maximum atomic E-state index is 6.13. The van der Waals surface area contributed by atoms with Gasteiger partial charge in [-0.25, -0.2) is 4.98 Å². The van der Waals surface area contributed by atoms with Crippen LogP contribution in [0.2, 0.25) is 10.3 Å². The minimum Gasteiger partial charge on any atom is -0.394 e. The summed E-state index contributed by atoms with van der Waals surface area (Å²) < 4.78 is 1.05. The van der Waals surface area contributed by atoms with Crippen LogP contribution in [-0.2, 0) is 0 Å². The molecule has 0 fully saturated rings. The Labute approximate surface area is 128 Å². The summed E-state index contributed by atoms with van der Waals surface area (Å²) >= 11 is 14.1. The molecule has 4 nitrogen and oxygen atoms in total. The van der Waals surface area contributed by atoms with Crippen molar-refractivity contribution in [2.24, 2.45) is 0 Å². The normalized spacial score (nSPS) is 10.4. The topological polar surface area (TPSA) is 63.8 Å². The summed E-state index contributed by atoms with van der Waals surface area (Å²) in [5.74, 6) is 0.454. The van der Waals surface area contributed by atoms with Gasteiger partial charge in [-0.2, -0.15) is 4.98 Å². The number of aryl methyl sites for hydroxylation is 1. The van der Waals surface area contributed by atoms with Gasteiger partial charge >= 0.3 is 0 Å². The molecule has 2 rings (SSSR count). The van der Waals surface area contributed by atoms with E-state index in [1.54, 1.807) is 6.92 Å². The van der Waals surface area contributed by atoms with Gasteiger partial charge in [0, 0.05) is 3.57 Å². The maximum Gasteiger partial charge on any atom is 0.224 e. The van der Waals surface area contributed by atoms with Crippen LogP contribution in [0.4, 0.5) is 17.2 Å². The molecule has 0 spiro atoms. The number of rotatable bonds is 2. The SMILES string of the molecule is Cc1nc(Cl)nc(Nc2ccc(I)cc2Cl)c1N. The summed E-state index contributed by atoms with van der Waals surface area (Å²) in [5, 5.41) is 3.79. The van der Waals surface area contributed by atoms with Gasteiger partial charge in [-0.3, -0.25) is 0 Å². The van der Waals surface area contributed by atoms with E-state index >= 15 is 0 Å². The Hall–Kier alpha value is -0.790. The molecule has 0 radical (unpaired) electrons. The Bertz CT molecular complexity index is 604. The van der Waals surface area contributed by atoms with E-state index in [0.717, 1.165) is 9.26 Å². The van der Waals surface area contributed by atoms with Crippen LogP contribution in [0.1, 0.15) is 5.69 Å². The predicted molar refractivity (Wildman–Crippen MR) is 83.6 cm³/mol. The average molecular weight is 395 g/mol. The van der Waals surface area contributed by atoms with Crippen molar-refractivity contribution < 1.29 is 0 Å². The molecule has 7 heteroatoms. The van der Waals surface area contributed by atoms with E-state index in [1.165, 1.54) is 0 Å². The van der Waals surface area contributed by atoms with Crippen molar-refractivity contribution >= 4 is 63.0 Å². The first kappa shape index (κ1) is 13.6. The number of halogens is 3.